The van der Waals surface area contributed by atoms with E-state index in [2.05, 4.69) is 13.8 Å². The van der Waals surface area contributed by atoms with E-state index in [-0.39, 0.29) is 11.3 Å². The van der Waals surface area contributed by atoms with Crippen molar-refractivity contribution >= 4 is 40.6 Å². The van der Waals surface area contributed by atoms with Crippen molar-refractivity contribution in [3.05, 3.63) is 21.3 Å². The first-order valence-corrected chi connectivity index (χ1v) is 7.48. The lowest BCUT2D eigenvalue weighted by molar-refractivity contribution is -0.128. The van der Waals surface area contributed by atoms with Crippen LogP contribution in [0.4, 0.5) is 0 Å². The maximum Gasteiger partial charge on any atom is 0.233 e. The number of halogens is 1. The number of carbonyl (C=O) groups is 1. The number of thiophene rings is 1. The topological polar surface area (TPSA) is 20.3 Å². The molecule has 2 nitrogen and oxygen atoms in total. The summed E-state index contributed by atoms with van der Waals surface area (Å²) in [5.41, 5.74) is 0. The van der Waals surface area contributed by atoms with E-state index in [4.69, 9.17) is 11.6 Å². The van der Waals surface area contributed by atoms with Gasteiger partial charge in [-0.15, -0.1) is 23.1 Å². The monoisotopic (exact) mass is 275 g/mol. The van der Waals surface area contributed by atoms with Gasteiger partial charge in [-0.3, -0.25) is 4.79 Å². The van der Waals surface area contributed by atoms with E-state index in [0.29, 0.717) is 11.7 Å². The second-order valence-electron chi connectivity index (χ2n) is 4.25. The molecule has 1 fully saturated rings. The predicted molar refractivity (Wildman–Crippen MR) is 71.1 cm³/mol. The van der Waals surface area contributed by atoms with Gasteiger partial charge in [0.1, 0.15) is 5.37 Å². The highest BCUT2D eigenvalue weighted by molar-refractivity contribution is 8.00. The number of hydrogen-bond donors (Lipinski definition) is 0. The van der Waals surface area contributed by atoms with E-state index in [0.717, 1.165) is 10.9 Å². The minimum absolute atomic E-state index is 0.174. The summed E-state index contributed by atoms with van der Waals surface area (Å²) in [7, 11) is 0. The number of amides is 1. The van der Waals surface area contributed by atoms with Crippen LogP contribution in [0.2, 0.25) is 4.34 Å². The predicted octanol–water partition coefficient (Wildman–Crippen LogP) is 3.63. The van der Waals surface area contributed by atoms with Crippen LogP contribution in [0.1, 0.15) is 24.1 Å². The van der Waals surface area contributed by atoms with Crippen LogP contribution in [0.25, 0.3) is 0 Å². The van der Waals surface area contributed by atoms with Crippen molar-refractivity contribution in [3.8, 4) is 0 Å². The normalized spacial score (nSPS) is 21.1. The Labute approximate surface area is 109 Å². The van der Waals surface area contributed by atoms with Crippen molar-refractivity contribution < 1.29 is 4.79 Å². The van der Waals surface area contributed by atoms with Crippen molar-refractivity contribution in [2.45, 2.75) is 19.2 Å². The number of carbonyl (C=O) groups excluding carboxylic acids is 1. The number of thioether (sulfide) groups is 1. The van der Waals surface area contributed by atoms with Gasteiger partial charge in [0.15, 0.2) is 0 Å². The molecule has 0 spiro atoms. The first-order chi connectivity index (χ1) is 7.58. The fourth-order valence-electron chi connectivity index (χ4n) is 1.74. The summed E-state index contributed by atoms with van der Waals surface area (Å²) in [4.78, 5) is 14.9. The van der Waals surface area contributed by atoms with E-state index < -0.39 is 0 Å². The molecule has 1 aliphatic rings. The third kappa shape index (κ3) is 2.55. The van der Waals surface area contributed by atoms with Crippen molar-refractivity contribution in [2.75, 3.05) is 12.3 Å². The van der Waals surface area contributed by atoms with Crippen LogP contribution >= 0.6 is 34.7 Å². The van der Waals surface area contributed by atoms with Crippen LogP contribution in [-0.2, 0) is 4.79 Å². The summed E-state index contributed by atoms with van der Waals surface area (Å²) in [6.45, 7) is 5.09. The molecule has 1 aliphatic heterocycles. The molecular weight excluding hydrogens is 262 g/mol. The van der Waals surface area contributed by atoms with E-state index in [1.165, 1.54) is 4.88 Å². The summed E-state index contributed by atoms with van der Waals surface area (Å²) >= 11 is 9.20. The van der Waals surface area contributed by atoms with E-state index in [1.807, 2.05) is 17.0 Å². The van der Waals surface area contributed by atoms with Crippen LogP contribution in [-0.4, -0.2) is 23.1 Å². The molecule has 0 bridgehead atoms. The maximum atomic E-state index is 11.8. The molecule has 2 heterocycles. The molecule has 0 saturated carbocycles. The van der Waals surface area contributed by atoms with Crippen molar-refractivity contribution in [1.82, 2.24) is 4.90 Å². The van der Waals surface area contributed by atoms with Crippen molar-refractivity contribution in [3.63, 3.8) is 0 Å². The van der Waals surface area contributed by atoms with Gasteiger partial charge in [-0.2, -0.15) is 0 Å². The molecule has 1 unspecified atom stereocenters. The minimum Gasteiger partial charge on any atom is -0.325 e. The maximum absolute atomic E-state index is 11.8. The molecule has 0 aliphatic carbocycles. The highest BCUT2D eigenvalue weighted by atomic mass is 35.5. The van der Waals surface area contributed by atoms with Crippen LogP contribution in [0, 0.1) is 5.92 Å². The van der Waals surface area contributed by atoms with Gasteiger partial charge in [-0.05, 0) is 18.1 Å². The largest absolute Gasteiger partial charge is 0.325 e. The molecule has 0 aromatic carbocycles. The first-order valence-electron chi connectivity index (χ1n) is 5.24. The lowest BCUT2D eigenvalue weighted by Gasteiger charge is -2.24. The first kappa shape index (κ1) is 12.3. The Hall–Kier alpha value is -0.190. The van der Waals surface area contributed by atoms with Gasteiger partial charge in [0.25, 0.3) is 0 Å². The smallest absolute Gasteiger partial charge is 0.233 e. The van der Waals surface area contributed by atoms with Gasteiger partial charge in [-0.25, -0.2) is 0 Å². The van der Waals surface area contributed by atoms with Gasteiger partial charge in [0.05, 0.1) is 10.1 Å². The minimum atomic E-state index is 0.174. The molecule has 16 heavy (non-hydrogen) atoms. The summed E-state index contributed by atoms with van der Waals surface area (Å²) < 4.78 is 0.791. The van der Waals surface area contributed by atoms with Gasteiger partial charge in [0.2, 0.25) is 5.91 Å². The Kier molecular flexibility index (Phi) is 3.82. The van der Waals surface area contributed by atoms with Crippen LogP contribution < -0.4 is 0 Å². The molecule has 1 aromatic rings. The second kappa shape index (κ2) is 4.98. The molecule has 2 rings (SSSR count). The lowest BCUT2D eigenvalue weighted by Crippen LogP contribution is -2.31. The Bertz CT molecular complexity index is 391. The zero-order valence-corrected chi connectivity index (χ0v) is 11.7. The summed E-state index contributed by atoms with van der Waals surface area (Å²) in [5.74, 6) is 1.33. The number of rotatable bonds is 3. The number of hydrogen-bond acceptors (Lipinski definition) is 3. The molecule has 0 radical (unpaired) electrons. The fourth-order valence-corrected chi connectivity index (χ4v) is 4.24. The molecule has 88 valence electrons. The van der Waals surface area contributed by atoms with Crippen LogP contribution in [0.5, 0.6) is 0 Å². The summed E-state index contributed by atoms with van der Waals surface area (Å²) in [6.07, 6.45) is 0. The number of nitrogens with zero attached hydrogens (tertiary/aromatic N) is 1. The van der Waals surface area contributed by atoms with E-state index in [1.54, 1.807) is 23.1 Å². The van der Waals surface area contributed by atoms with Gasteiger partial charge >= 0.3 is 0 Å². The Morgan fingerprint density at radius 2 is 2.31 bits per heavy atom. The van der Waals surface area contributed by atoms with Crippen molar-refractivity contribution in [1.29, 1.82) is 0 Å². The SMILES string of the molecule is CC(C)CN1C(=O)CSC1c1ccc(Cl)s1. The zero-order chi connectivity index (χ0) is 11.7. The average Bonchev–Trinajstić information content (AvgIpc) is 2.75. The quantitative estimate of drug-likeness (QED) is 0.840. The molecule has 0 N–H and O–H groups in total. The molecular formula is C11H14ClNOS2. The molecule has 1 saturated heterocycles. The molecule has 1 amide bonds. The van der Waals surface area contributed by atoms with Crippen LogP contribution in [0.3, 0.4) is 0 Å². The highest BCUT2D eigenvalue weighted by Gasteiger charge is 2.33. The van der Waals surface area contributed by atoms with E-state index in [9.17, 15) is 4.79 Å². The zero-order valence-electron chi connectivity index (χ0n) is 9.27. The third-order valence-electron chi connectivity index (χ3n) is 2.37. The van der Waals surface area contributed by atoms with Crippen LogP contribution in [0.15, 0.2) is 12.1 Å². The summed E-state index contributed by atoms with van der Waals surface area (Å²) in [6, 6.07) is 3.93. The van der Waals surface area contributed by atoms with Crippen molar-refractivity contribution in [2.24, 2.45) is 5.92 Å². The molecule has 1 aromatic heterocycles. The average molecular weight is 276 g/mol. The fraction of sp³-hybridized carbons (Fsp3) is 0.545. The summed E-state index contributed by atoms with van der Waals surface area (Å²) in [5, 5.41) is 0.174. The standard InChI is InChI=1S/C11H14ClNOS2/c1-7(2)5-13-10(14)6-15-11(13)8-3-4-9(12)16-8/h3-4,7,11H,5-6H2,1-2H3. The third-order valence-corrected chi connectivity index (χ3v) is 5.04. The molecule has 1 atom stereocenters. The molecule has 5 heteroatoms. The van der Waals surface area contributed by atoms with Gasteiger partial charge in [-0.1, -0.05) is 25.4 Å². The van der Waals surface area contributed by atoms with Gasteiger partial charge < -0.3 is 4.90 Å². The second-order valence-corrected chi connectivity index (χ2v) is 7.06. The Balaban J connectivity index is 2.17. The van der Waals surface area contributed by atoms with E-state index >= 15 is 0 Å². The van der Waals surface area contributed by atoms with Gasteiger partial charge in [0, 0.05) is 11.4 Å². The Morgan fingerprint density at radius 3 is 2.88 bits per heavy atom. The highest BCUT2D eigenvalue weighted by Crippen LogP contribution is 2.42. The Morgan fingerprint density at radius 1 is 1.56 bits per heavy atom. The lowest BCUT2D eigenvalue weighted by atomic mass is 10.2.